The Hall–Kier alpha value is -4.68. The molecule has 0 radical (unpaired) electrons. The fraction of sp³-hybridized carbons (Fsp3) is 0.0667. The van der Waals surface area contributed by atoms with Gasteiger partial charge < -0.3 is 20.7 Å². The largest absolute Gasteiger partial charge is 0.481 e. The van der Waals surface area contributed by atoms with E-state index in [9.17, 15) is 14.7 Å². The lowest BCUT2D eigenvalue weighted by Gasteiger charge is -2.13. The molecule has 6 heteroatoms. The quantitative estimate of drug-likeness (QED) is 0.284. The molecule has 0 saturated carbocycles. The molecule has 4 aromatic carbocycles. The van der Waals surface area contributed by atoms with E-state index in [1.54, 1.807) is 24.3 Å². The zero-order chi connectivity index (χ0) is 25.1. The summed E-state index contributed by atoms with van der Waals surface area (Å²) >= 11 is 0. The first kappa shape index (κ1) is 23.1. The number of nitrogens with one attached hydrogen (secondary N) is 1. The number of hydrogen-bond acceptors (Lipinski definition) is 3. The van der Waals surface area contributed by atoms with Gasteiger partial charge in [-0.05, 0) is 64.7 Å². The second-order valence-corrected chi connectivity index (χ2v) is 8.56. The molecule has 1 heterocycles. The Morgan fingerprint density at radius 1 is 0.861 bits per heavy atom. The van der Waals surface area contributed by atoms with Crippen LogP contribution in [-0.2, 0) is 17.8 Å². The van der Waals surface area contributed by atoms with Crippen LogP contribution in [0, 0.1) is 0 Å². The summed E-state index contributed by atoms with van der Waals surface area (Å²) in [5.41, 5.74) is 12.1. The first-order valence-electron chi connectivity index (χ1n) is 11.6. The summed E-state index contributed by atoms with van der Waals surface area (Å²) in [6.45, 7) is 0.419. The maximum absolute atomic E-state index is 13.5. The third kappa shape index (κ3) is 4.62. The van der Waals surface area contributed by atoms with Crippen molar-refractivity contribution in [2.45, 2.75) is 13.0 Å². The van der Waals surface area contributed by atoms with Crippen LogP contribution in [0.2, 0.25) is 0 Å². The third-order valence-corrected chi connectivity index (χ3v) is 6.19. The maximum Gasteiger partial charge on any atom is 0.307 e. The highest BCUT2D eigenvalue weighted by atomic mass is 16.4. The summed E-state index contributed by atoms with van der Waals surface area (Å²) in [6.07, 6.45) is 1.82. The lowest BCUT2D eigenvalue weighted by Crippen LogP contribution is -2.14. The molecule has 1 aromatic heterocycles. The normalized spacial score (nSPS) is 10.9. The van der Waals surface area contributed by atoms with Crippen LogP contribution in [-0.4, -0.2) is 21.6 Å². The molecule has 178 valence electrons. The third-order valence-electron chi connectivity index (χ3n) is 6.19. The number of carboxylic acids is 1. The summed E-state index contributed by atoms with van der Waals surface area (Å²) in [7, 11) is 0. The van der Waals surface area contributed by atoms with Crippen LogP contribution in [0.1, 0.15) is 21.5 Å². The number of carbonyl (C=O) groups excluding carboxylic acids is 1. The number of carbonyl (C=O) groups is 2. The molecule has 0 aliphatic carbocycles. The van der Waals surface area contributed by atoms with Crippen molar-refractivity contribution in [2.75, 3.05) is 5.32 Å². The Morgan fingerprint density at radius 2 is 1.64 bits per heavy atom. The van der Waals surface area contributed by atoms with Gasteiger partial charge in [0.05, 0.1) is 11.9 Å². The van der Waals surface area contributed by atoms with Crippen LogP contribution in [0.5, 0.6) is 0 Å². The molecule has 1 amide bonds. The molecule has 0 spiro atoms. The van der Waals surface area contributed by atoms with E-state index in [0.29, 0.717) is 23.4 Å². The van der Waals surface area contributed by atoms with Crippen molar-refractivity contribution < 1.29 is 14.7 Å². The van der Waals surface area contributed by atoms with E-state index in [0.717, 1.165) is 33.3 Å². The van der Waals surface area contributed by atoms with Gasteiger partial charge in [0.15, 0.2) is 0 Å². The molecule has 5 rings (SSSR count). The maximum atomic E-state index is 13.5. The molecule has 5 aromatic rings. The number of rotatable bonds is 7. The monoisotopic (exact) mass is 475 g/mol. The van der Waals surface area contributed by atoms with Crippen molar-refractivity contribution in [1.29, 1.82) is 0 Å². The van der Waals surface area contributed by atoms with Crippen LogP contribution < -0.4 is 11.1 Å². The molecule has 4 N–H and O–H groups in total. The van der Waals surface area contributed by atoms with Crippen molar-refractivity contribution in [3.63, 3.8) is 0 Å². The number of aromatic nitrogens is 1. The van der Waals surface area contributed by atoms with E-state index >= 15 is 0 Å². The topological polar surface area (TPSA) is 97.3 Å². The Kier molecular flexibility index (Phi) is 6.34. The molecule has 0 bridgehead atoms. The van der Waals surface area contributed by atoms with Gasteiger partial charge in [-0.3, -0.25) is 9.59 Å². The summed E-state index contributed by atoms with van der Waals surface area (Å²) < 4.78 is 2.06. The number of nitrogens with zero attached hydrogens (tertiary/aromatic N) is 1. The van der Waals surface area contributed by atoms with Crippen LogP contribution in [0.3, 0.4) is 0 Å². The predicted molar refractivity (Wildman–Crippen MR) is 142 cm³/mol. The number of amides is 1. The fourth-order valence-corrected chi connectivity index (χ4v) is 4.45. The Labute approximate surface area is 208 Å². The highest BCUT2D eigenvalue weighted by Gasteiger charge is 2.17. The number of anilines is 1. The first-order chi connectivity index (χ1) is 17.5. The van der Waals surface area contributed by atoms with E-state index in [4.69, 9.17) is 5.73 Å². The smallest absolute Gasteiger partial charge is 0.307 e. The molecule has 0 atom stereocenters. The average Bonchev–Trinajstić information content (AvgIpc) is 3.33. The second kappa shape index (κ2) is 9.90. The first-order valence-corrected chi connectivity index (χ1v) is 11.6. The van der Waals surface area contributed by atoms with Gasteiger partial charge in [-0.25, -0.2) is 0 Å². The number of benzene rings is 4. The summed E-state index contributed by atoms with van der Waals surface area (Å²) in [5.74, 6) is -1.27. The summed E-state index contributed by atoms with van der Waals surface area (Å²) in [6, 6.07) is 30.7. The molecule has 0 aliphatic rings. The Bertz CT molecular complexity index is 1570. The zero-order valence-electron chi connectivity index (χ0n) is 19.5. The molecule has 0 unspecified atom stereocenters. The van der Waals surface area contributed by atoms with Gasteiger partial charge >= 0.3 is 5.97 Å². The SMILES string of the molecule is NCc1cccc(-c2cc(C(=O)Nc3ccccc3CC(=O)O)cc3c2ccn3-c2ccccc2)c1. The van der Waals surface area contributed by atoms with Crippen LogP contribution in [0.25, 0.3) is 27.7 Å². The van der Waals surface area contributed by atoms with Gasteiger partial charge in [0.2, 0.25) is 0 Å². The number of nitrogens with two attached hydrogens (primary N) is 1. The number of hydrogen-bond donors (Lipinski definition) is 3. The molecular formula is C30H25N3O3. The molecule has 0 fully saturated rings. The minimum atomic E-state index is -0.958. The van der Waals surface area contributed by atoms with Gasteiger partial charge in [0.25, 0.3) is 5.91 Å². The lowest BCUT2D eigenvalue weighted by molar-refractivity contribution is -0.136. The predicted octanol–water partition coefficient (Wildman–Crippen LogP) is 5.64. The van der Waals surface area contributed by atoms with Gasteiger partial charge in [0, 0.05) is 35.1 Å². The van der Waals surface area contributed by atoms with Crippen molar-refractivity contribution in [3.05, 3.63) is 120 Å². The molecule has 36 heavy (non-hydrogen) atoms. The Morgan fingerprint density at radius 3 is 2.42 bits per heavy atom. The van der Waals surface area contributed by atoms with E-state index in [2.05, 4.69) is 16.0 Å². The average molecular weight is 476 g/mol. The van der Waals surface area contributed by atoms with Gasteiger partial charge in [-0.15, -0.1) is 0 Å². The van der Waals surface area contributed by atoms with Gasteiger partial charge in [-0.2, -0.15) is 0 Å². The van der Waals surface area contributed by atoms with E-state index < -0.39 is 5.97 Å². The lowest BCUT2D eigenvalue weighted by atomic mass is 9.97. The summed E-state index contributed by atoms with van der Waals surface area (Å²) in [4.78, 5) is 24.8. The van der Waals surface area contributed by atoms with Crippen molar-refractivity contribution in [1.82, 2.24) is 4.57 Å². The van der Waals surface area contributed by atoms with E-state index in [1.165, 1.54) is 0 Å². The van der Waals surface area contributed by atoms with Crippen molar-refractivity contribution >= 4 is 28.5 Å². The fourth-order valence-electron chi connectivity index (χ4n) is 4.45. The van der Waals surface area contributed by atoms with Crippen LogP contribution in [0.4, 0.5) is 5.69 Å². The number of para-hydroxylation sites is 2. The second-order valence-electron chi connectivity index (χ2n) is 8.56. The zero-order valence-corrected chi connectivity index (χ0v) is 19.5. The van der Waals surface area contributed by atoms with E-state index in [-0.39, 0.29) is 12.3 Å². The summed E-state index contributed by atoms with van der Waals surface area (Å²) in [5, 5.41) is 13.2. The molecular weight excluding hydrogens is 450 g/mol. The van der Waals surface area contributed by atoms with Crippen LogP contribution >= 0.6 is 0 Å². The highest BCUT2D eigenvalue weighted by Crippen LogP contribution is 2.33. The van der Waals surface area contributed by atoms with Gasteiger partial charge in [0.1, 0.15) is 0 Å². The Balaban J connectivity index is 1.64. The standard InChI is InChI=1S/C30H25N3O3/c31-19-20-7-6-9-21(15-20)26-16-23(30(36)32-27-12-5-4-8-22(27)18-29(34)35)17-28-25(26)13-14-33(28)24-10-2-1-3-11-24/h1-17H,18-19,31H2,(H,32,36)(H,34,35). The van der Waals surface area contributed by atoms with E-state index in [1.807, 2.05) is 72.9 Å². The highest BCUT2D eigenvalue weighted by molar-refractivity contribution is 6.09. The number of aliphatic carboxylic acids is 1. The van der Waals surface area contributed by atoms with Gasteiger partial charge in [-0.1, -0.05) is 54.6 Å². The van der Waals surface area contributed by atoms with Crippen molar-refractivity contribution in [3.8, 4) is 16.8 Å². The van der Waals surface area contributed by atoms with Crippen molar-refractivity contribution in [2.24, 2.45) is 5.73 Å². The minimum Gasteiger partial charge on any atom is -0.481 e. The minimum absolute atomic E-state index is 0.177. The van der Waals surface area contributed by atoms with Crippen LogP contribution in [0.15, 0.2) is 103 Å². The number of fused-ring (bicyclic) bond motifs is 1. The molecule has 0 saturated heterocycles. The molecule has 0 aliphatic heterocycles. The molecule has 6 nitrogen and oxygen atoms in total. The number of carboxylic acid groups (broad SMARTS) is 1.